The zero-order valence-electron chi connectivity index (χ0n) is 12.4. The van der Waals surface area contributed by atoms with Gasteiger partial charge in [-0.15, -0.1) is 0 Å². The lowest BCUT2D eigenvalue weighted by Crippen LogP contribution is -2.21. The van der Waals surface area contributed by atoms with E-state index in [9.17, 15) is 0 Å². The molecule has 2 aromatic heterocycles. The molecule has 2 rings (SSSR count). The van der Waals surface area contributed by atoms with Crippen LogP contribution in [-0.4, -0.2) is 51.5 Å². The molecule has 0 saturated carbocycles. The zero-order valence-corrected chi connectivity index (χ0v) is 12.4. The minimum atomic E-state index is 0.374. The van der Waals surface area contributed by atoms with Crippen LogP contribution in [0, 0.1) is 13.8 Å². The molecule has 2 aromatic rings. The fourth-order valence-electron chi connectivity index (χ4n) is 1.55. The summed E-state index contributed by atoms with van der Waals surface area (Å²) in [6.45, 7) is 3.60. The minimum absolute atomic E-state index is 0.374. The van der Waals surface area contributed by atoms with Gasteiger partial charge in [-0.3, -0.25) is 0 Å². The first-order chi connectivity index (χ1) is 10.1. The van der Waals surface area contributed by atoms with Crippen LogP contribution in [0.25, 0.3) is 0 Å². The number of nitrogens with one attached hydrogen (secondary N) is 4. The number of nitrogens with zero attached hydrogens (tertiary/aromatic N) is 6. The average molecular weight is 288 g/mol. The van der Waals surface area contributed by atoms with Crippen LogP contribution in [0.4, 0.5) is 23.8 Å². The number of hydrogen-bond acceptors (Lipinski definition) is 10. The number of anilines is 4. The van der Waals surface area contributed by atoms with Crippen LogP contribution in [0.2, 0.25) is 0 Å². The van der Waals surface area contributed by atoms with E-state index < -0.39 is 0 Å². The van der Waals surface area contributed by atoms with E-state index in [4.69, 9.17) is 0 Å². The predicted molar refractivity (Wildman–Crippen MR) is 82.6 cm³/mol. The third kappa shape index (κ3) is 4.13. The first kappa shape index (κ1) is 14.7. The van der Waals surface area contributed by atoms with Crippen molar-refractivity contribution in [1.82, 2.24) is 29.9 Å². The van der Waals surface area contributed by atoms with Gasteiger partial charge >= 0.3 is 7.55 Å². The molecular weight excluding hydrogens is 271 g/mol. The molecule has 0 saturated heterocycles. The quantitative estimate of drug-likeness (QED) is 0.519. The molecule has 0 atom stereocenters. The molecule has 21 heavy (non-hydrogen) atoms. The van der Waals surface area contributed by atoms with Crippen molar-refractivity contribution in [3.8, 4) is 0 Å². The number of aryl methyl sites for hydroxylation is 2. The minimum Gasteiger partial charge on any atom is -0.381 e. The Bertz CT molecular complexity index is 565. The average Bonchev–Trinajstić information content (AvgIpc) is 2.46. The van der Waals surface area contributed by atoms with Crippen molar-refractivity contribution in [2.75, 3.05) is 35.2 Å². The molecule has 0 bridgehead atoms. The van der Waals surface area contributed by atoms with Crippen LogP contribution in [-0.2, 0) is 0 Å². The summed E-state index contributed by atoms with van der Waals surface area (Å²) in [4.78, 5) is 25.0. The monoisotopic (exact) mass is 288 g/mol. The highest BCUT2D eigenvalue weighted by Gasteiger charge is 2.05. The second kappa shape index (κ2) is 6.63. The van der Waals surface area contributed by atoms with Crippen molar-refractivity contribution in [1.29, 1.82) is 0 Å². The van der Waals surface area contributed by atoms with E-state index >= 15 is 0 Å². The normalized spacial score (nSPS) is 9.90. The largest absolute Gasteiger partial charge is 0.381 e. The van der Waals surface area contributed by atoms with Crippen LogP contribution in [0.3, 0.4) is 0 Å². The SMILES string of the molecule is CNc1nc(C)nc(NBNc2nc(C)nc(NC)n2)n1. The number of rotatable bonds is 6. The highest BCUT2D eigenvalue weighted by atomic mass is 15.2. The molecule has 110 valence electrons. The van der Waals surface area contributed by atoms with Gasteiger partial charge in [-0.25, -0.2) is 0 Å². The molecule has 0 aliphatic rings. The standard InChI is InChI=1S/C10H17BN10/c1-5-14-7(12-3)18-9(16-5)20-11-21-10-17-6(2)15-8(13-4)19-10/h11H,1-4H3,(H2,12,14,16,18,20)(H2,13,15,17,19,21). The van der Waals surface area contributed by atoms with E-state index in [1.807, 2.05) is 0 Å². The Morgan fingerprint density at radius 2 is 1.00 bits per heavy atom. The maximum absolute atomic E-state index is 4.19. The summed E-state index contributed by atoms with van der Waals surface area (Å²) in [5, 5.41) is 11.8. The molecular formula is C10H17BN10. The van der Waals surface area contributed by atoms with E-state index in [1.54, 1.807) is 27.9 Å². The van der Waals surface area contributed by atoms with Crippen molar-refractivity contribution >= 4 is 31.3 Å². The first-order valence-corrected chi connectivity index (χ1v) is 6.39. The van der Waals surface area contributed by atoms with E-state index in [1.165, 1.54) is 0 Å². The van der Waals surface area contributed by atoms with Gasteiger partial charge in [0.1, 0.15) is 11.6 Å². The van der Waals surface area contributed by atoms with Crippen molar-refractivity contribution in [3.63, 3.8) is 0 Å². The second-order valence-corrected chi connectivity index (χ2v) is 4.09. The van der Waals surface area contributed by atoms with Crippen LogP contribution >= 0.6 is 0 Å². The van der Waals surface area contributed by atoms with Gasteiger partial charge in [-0.05, 0) is 13.8 Å². The molecule has 0 unspecified atom stereocenters. The van der Waals surface area contributed by atoms with Crippen LogP contribution in [0.5, 0.6) is 0 Å². The zero-order chi connectivity index (χ0) is 15.2. The predicted octanol–water partition coefficient (Wildman–Crippen LogP) is -0.453. The number of hydrogen-bond donors (Lipinski definition) is 4. The molecule has 2 heterocycles. The molecule has 10 nitrogen and oxygen atoms in total. The molecule has 11 heteroatoms. The Morgan fingerprint density at radius 1 is 0.619 bits per heavy atom. The summed E-state index contributed by atoms with van der Waals surface area (Å²) in [5.41, 5.74) is 0. The van der Waals surface area contributed by atoms with E-state index in [0.717, 1.165) is 0 Å². The molecule has 0 amide bonds. The fraction of sp³-hybridized carbons (Fsp3) is 0.400. The van der Waals surface area contributed by atoms with Gasteiger partial charge in [0.05, 0.1) is 0 Å². The Labute approximate surface area is 122 Å². The topological polar surface area (TPSA) is 125 Å². The Kier molecular flexibility index (Phi) is 4.64. The lowest BCUT2D eigenvalue weighted by Gasteiger charge is -2.08. The van der Waals surface area contributed by atoms with Gasteiger partial charge in [-0.2, -0.15) is 29.9 Å². The molecule has 0 spiro atoms. The summed E-state index contributed by atoms with van der Waals surface area (Å²) in [7, 11) is 3.88. The van der Waals surface area contributed by atoms with E-state index in [-0.39, 0.29) is 0 Å². The third-order valence-electron chi connectivity index (χ3n) is 2.43. The molecule has 4 N–H and O–H groups in total. The van der Waals surface area contributed by atoms with Crippen molar-refractivity contribution in [2.45, 2.75) is 13.8 Å². The lowest BCUT2D eigenvalue weighted by molar-refractivity contribution is 0.985. The molecule has 0 aromatic carbocycles. The first-order valence-electron chi connectivity index (χ1n) is 6.39. The van der Waals surface area contributed by atoms with Crippen molar-refractivity contribution in [3.05, 3.63) is 11.6 Å². The Balaban J connectivity index is 1.98. The maximum atomic E-state index is 4.19. The maximum Gasteiger partial charge on any atom is 0.356 e. The van der Waals surface area contributed by atoms with E-state index in [0.29, 0.717) is 43.0 Å². The van der Waals surface area contributed by atoms with Crippen LogP contribution in [0.1, 0.15) is 11.6 Å². The molecule has 0 aliphatic carbocycles. The van der Waals surface area contributed by atoms with E-state index in [2.05, 4.69) is 51.0 Å². The highest BCUT2D eigenvalue weighted by molar-refractivity contribution is 6.44. The van der Waals surface area contributed by atoms with Gasteiger partial charge in [0, 0.05) is 14.1 Å². The Morgan fingerprint density at radius 3 is 1.38 bits per heavy atom. The summed E-state index contributed by atoms with van der Waals surface area (Å²) < 4.78 is 0. The van der Waals surface area contributed by atoms with Gasteiger partial charge in [0.15, 0.2) is 0 Å². The second-order valence-electron chi connectivity index (χ2n) is 4.09. The van der Waals surface area contributed by atoms with Crippen LogP contribution in [0.15, 0.2) is 0 Å². The van der Waals surface area contributed by atoms with Gasteiger partial charge in [-0.1, -0.05) is 0 Å². The van der Waals surface area contributed by atoms with Crippen LogP contribution < -0.4 is 21.1 Å². The molecule has 0 aliphatic heterocycles. The van der Waals surface area contributed by atoms with Gasteiger partial charge in [0.25, 0.3) is 0 Å². The molecule has 0 radical (unpaired) electrons. The summed E-state index contributed by atoms with van der Waals surface area (Å²) >= 11 is 0. The van der Waals surface area contributed by atoms with Gasteiger partial charge in [0.2, 0.25) is 23.8 Å². The smallest absolute Gasteiger partial charge is 0.356 e. The van der Waals surface area contributed by atoms with Gasteiger partial charge < -0.3 is 21.1 Å². The fourth-order valence-corrected chi connectivity index (χ4v) is 1.55. The highest BCUT2D eigenvalue weighted by Crippen LogP contribution is 2.05. The third-order valence-corrected chi connectivity index (χ3v) is 2.43. The van der Waals surface area contributed by atoms with Crippen molar-refractivity contribution in [2.24, 2.45) is 0 Å². The van der Waals surface area contributed by atoms with Crippen molar-refractivity contribution < 1.29 is 0 Å². The Hall–Kier alpha value is -2.72. The summed E-state index contributed by atoms with van der Waals surface area (Å²) in [6, 6.07) is 0. The summed E-state index contributed by atoms with van der Waals surface area (Å²) in [6.07, 6.45) is 0. The lowest BCUT2D eigenvalue weighted by atomic mass is 10.2. The molecule has 0 fully saturated rings. The summed E-state index contributed by atoms with van der Waals surface area (Å²) in [5.74, 6) is 3.23. The number of aromatic nitrogens is 6.